The smallest absolute Gasteiger partial charge is 0.275 e. The number of aliphatic hydroxyl groups excluding tert-OH is 1. The molecular formula is C22H15N3O6S. The number of aromatic nitrogens is 2. The number of hydrogen-bond donors (Lipinski definition) is 1. The quantitative estimate of drug-likeness (QED) is 0.204. The average molecular weight is 449 g/mol. The van der Waals surface area contributed by atoms with E-state index in [4.69, 9.17) is 9.47 Å². The first-order valence-electron chi connectivity index (χ1n) is 9.51. The molecule has 0 radical (unpaired) electrons. The standard InChI is InChI=1S/C22H15N3O6S/c26-11-15-2-1-14(9-17(15)25(28)29)21-16(24-7-8-32-22(24)23-21)4-5-18(27)13-3-6-19-20(10-13)31-12-30-19/h1-10,26H,11-12H2. The van der Waals surface area contributed by atoms with E-state index < -0.39 is 11.5 Å². The van der Waals surface area contributed by atoms with E-state index in [0.717, 1.165) is 0 Å². The first-order valence-corrected chi connectivity index (χ1v) is 10.4. The van der Waals surface area contributed by atoms with Crippen LogP contribution in [-0.4, -0.2) is 32.0 Å². The number of rotatable bonds is 6. The molecule has 0 amide bonds. The van der Waals surface area contributed by atoms with Gasteiger partial charge in [0.1, 0.15) is 0 Å². The Morgan fingerprint density at radius 1 is 1.25 bits per heavy atom. The van der Waals surface area contributed by atoms with Crippen molar-refractivity contribution in [2.45, 2.75) is 6.61 Å². The molecule has 3 heterocycles. The van der Waals surface area contributed by atoms with E-state index in [2.05, 4.69) is 4.98 Å². The fraction of sp³-hybridized carbons (Fsp3) is 0.0909. The molecule has 5 rings (SSSR count). The Morgan fingerprint density at radius 3 is 2.91 bits per heavy atom. The Balaban J connectivity index is 1.54. The SMILES string of the molecule is O=C(C=Cc1c(-c2ccc(CO)c([N+](=O)[O-])c2)nc2sccn12)c1ccc2c(c1)OCO2. The van der Waals surface area contributed by atoms with Crippen LogP contribution in [0.25, 0.3) is 22.3 Å². The molecule has 0 saturated heterocycles. The maximum Gasteiger partial charge on any atom is 0.275 e. The summed E-state index contributed by atoms with van der Waals surface area (Å²) in [6, 6.07) is 9.54. The fourth-order valence-corrected chi connectivity index (χ4v) is 4.21. The number of allylic oxidation sites excluding steroid dienone is 1. The lowest BCUT2D eigenvalue weighted by atomic mass is 10.0. The molecule has 2 aromatic carbocycles. The number of ether oxygens (including phenoxy) is 2. The van der Waals surface area contributed by atoms with Crippen molar-refractivity contribution in [2.24, 2.45) is 0 Å². The average Bonchev–Trinajstić information content (AvgIpc) is 3.52. The maximum absolute atomic E-state index is 12.8. The van der Waals surface area contributed by atoms with Gasteiger partial charge in [0.15, 0.2) is 22.2 Å². The normalized spacial score (nSPS) is 12.7. The molecule has 0 unspecified atom stereocenters. The highest BCUT2D eigenvalue weighted by Crippen LogP contribution is 2.34. The predicted molar refractivity (Wildman–Crippen MR) is 117 cm³/mol. The molecule has 1 aliphatic heterocycles. The summed E-state index contributed by atoms with van der Waals surface area (Å²) in [5.74, 6) is 0.878. The minimum Gasteiger partial charge on any atom is -0.454 e. The Bertz CT molecular complexity index is 1400. The van der Waals surface area contributed by atoms with Gasteiger partial charge in [-0.1, -0.05) is 6.07 Å². The van der Waals surface area contributed by atoms with Gasteiger partial charge in [0, 0.05) is 28.8 Å². The van der Waals surface area contributed by atoms with Crippen LogP contribution >= 0.6 is 11.3 Å². The van der Waals surface area contributed by atoms with Gasteiger partial charge in [0.05, 0.1) is 28.5 Å². The van der Waals surface area contributed by atoms with Crippen LogP contribution in [0.5, 0.6) is 11.5 Å². The van der Waals surface area contributed by atoms with Crippen molar-refractivity contribution in [3.63, 3.8) is 0 Å². The van der Waals surface area contributed by atoms with Crippen LogP contribution in [0.4, 0.5) is 5.69 Å². The summed E-state index contributed by atoms with van der Waals surface area (Å²) < 4.78 is 12.4. The Kier molecular flexibility index (Phi) is 4.92. The first-order chi connectivity index (χ1) is 15.5. The van der Waals surface area contributed by atoms with E-state index in [-0.39, 0.29) is 23.8 Å². The van der Waals surface area contributed by atoms with Crippen molar-refractivity contribution in [3.8, 4) is 22.8 Å². The Labute approximate surface area is 184 Å². The summed E-state index contributed by atoms with van der Waals surface area (Å²) >= 11 is 1.41. The van der Waals surface area contributed by atoms with Crippen LogP contribution in [0.2, 0.25) is 0 Å². The molecule has 9 nitrogen and oxygen atoms in total. The Hall–Kier alpha value is -4.02. The molecule has 1 aliphatic rings. The molecule has 0 fully saturated rings. The monoisotopic (exact) mass is 449 g/mol. The van der Waals surface area contributed by atoms with E-state index in [9.17, 15) is 20.0 Å². The highest BCUT2D eigenvalue weighted by molar-refractivity contribution is 7.15. The summed E-state index contributed by atoms with van der Waals surface area (Å²) in [6.45, 7) is -0.314. The van der Waals surface area contributed by atoms with Gasteiger partial charge in [-0.3, -0.25) is 19.3 Å². The van der Waals surface area contributed by atoms with Gasteiger partial charge in [0.2, 0.25) is 6.79 Å². The zero-order valence-electron chi connectivity index (χ0n) is 16.4. The van der Waals surface area contributed by atoms with Gasteiger partial charge < -0.3 is 14.6 Å². The topological polar surface area (TPSA) is 116 Å². The summed E-state index contributed by atoms with van der Waals surface area (Å²) in [4.78, 5) is 28.9. The molecule has 0 spiro atoms. The summed E-state index contributed by atoms with van der Waals surface area (Å²) in [5.41, 5.74) is 2.10. The van der Waals surface area contributed by atoms with E-state index in [1.54, 1.807) is 30.3 Å². The fourth-order valence-electron chi connectivity index (χ4n) is 3.49. The zero-order valence-corrected chi connectivity index (χ0v) is 17.2. The molecule has 32 heavy (non-hydrogen) atoms. The molecule has 2 aromatic heterocycles. The minimum absolute atomic E-state index is 0.124. The number of thiazole rings is 1. The van der Waals surface area contributed by atoms with Gasteiger partial charge in [-0.25, -0.2) is 4.98 Å². The third-order valence-corrected chi connectivity index (χ3v) is 5.83. The number of benzene rings is 2. The van der Waals surface area contributed by atoms with E-state index in [1.807, 2.05) is 16.0 Å². The van der Waals surface area contributed by atoms with Crippen molar-refractivity contribution in [2.75, 3.05) is 6.79 Å². The number of hydrogen-bond acceptors (Lipinski definition) is 8. The van der Waals surface area contributed by atoms with Gasteiger partial charge in [-0.05, 0) is 36.4 Å². The largest absolute Gasteiger partial charge is 0.454 e. The second-order valence-electron chi connectivity index (χ2n) is 6.93. The third kappa shape index (κ3) is 3.41. The number of nitro groups is 1. The molecule has 1 N–H and O–H groups in total. The van der Waals surface area contributed by atoms with Gasteiger partial charge in [-0.2, -0.15) is 0 Å². The van der Waals surface area contributed by atoms with Crippen LogP contribution < -0.4 is 9.47 Å². The number of fused-ring (bicyclic) bond motifs is 2. The molecule has 0 bridgehead atoms. The zero-order chi connectivity index (χ0) is 22.2. The number of ketones is 1. The highest BCUT2D eigenvalue weighted by atomic mass is 32.1. The van der Waals surface area contributed by atoms with Crippen LogP contribution in [0.3, 0.4) is 0 Å². The lowest BCUT2D eigenvalue weighted by Crippen LogP contribution is -1.97. The second kappa shape index (κ2) is 7.91. The highest BCUT2D eigenvalue weighted by Gasteiger charge is 2.20. The van der Waals surface area contributed by atoms with E-state index in [1.165, 1.54) is 29.5 Å². The van der Waals surface area contributed by atoms with Crippen LogP contribution in [-0.2, 0) is 6.61 Å². The van der Waals surface area contributed by atoms with Crippen LogP contribution in [0, 0.1) is 10.1 Å². The van der Waals surface area contributed by atoms with Crippen molar-refractivity contribution in [1.29, 1.82) is 0 Å². The molecular weight excluding hydrogens is 434 g/mol. The number of nitro benzene ring substituents is 1. The van der Waals surface area contributed by atoms with Gasteiger partial charge >= 0.3 is 0 Å². The number of carbonyl (C=O) groups is 1. The predicted octanol–water partition coefficient (Wildman–Crippen LogP) is 4.09. The van der Waals surface area contributed by atoms with Gasteiger partial charge in [-0.15, -0.1) is 11.3 Å². The molecule has 160 valence electrons. The number of carbonyl (C=O) groups excluding carboxylic acids is 1. The second-order valence-corrected chi connectivity index (χ2v) is 7.80. The maximum atomic E-state index is 12.8. The number of nitrogens with zero attached hydrogens (tertiary/aromatic N) is 3. The molecule has 0 saturated carbocycles. The number of aliphatic hydroxyl groups is 1. The van der Waals surface area contributed by atoms with Crippen molar-refractivity contribution in [1.82, 2.24) is 9.38 Å². The van der Waals surface area contributed by atoms with Crippen molar-refractivity contribution >= 4 is 33.8 Å². The van der Waals surface area contributed by atoms with E-state index in [0.29, 0.717) is 39.0 Å². The summed E-state index contributed by atoms with van der Waals surface area (Å²) in [5, 5.41) is 22.7. The van der Waals surface area contributed by atoms with Crippen LogP contribution in [0.15, 0.2) is 54.1 Å². The Morgan fingerprint density at radius 2 is 2.09 bits per heavy atom. The van der Waals surface area contributed by atoms with Crippen molar-refractivity contribution in [3.05, 3.63) is 81.0 Å². The first kappa shape index (κ1) is 19.9. The molecule has 0 atom stereocenters. The lowest BCUT2D eigenvalue weighted by Gasteiger charge is -2.04. The number of imidazole rings is 1. The molecule has 4 aromatic rings. The minimum atomic E-state index is -0.536. The third-order valence-electron chi connectivity index (χ3n) is 5.07. The lowest BCUT2D eigenvalue weighted by molar-refractivity contribution is -0.385. The van der Waals surface area contributed by atoms with Crippen LogP contribution in [0.1, 0.15) is 21.6 Å². The summed E-state index contributed by atoms with van der Waals surface area (Å²) in [6.07, 6.45) is 4.89. The molecule has 0 aliphatic carbocycles. The van der Waals surface area contributed by atoms with Crippen molar-refractivity contribution < 1.29 is 24.3 Å². The summed E-state index contributed by atoms with van der Waals surface area (Å²) in [7, 11) is 0. The van der Waals surface area contributed by atoms with E-state index >= 15 is 0 Å². The molecule has 10 heteroatoms. The van der Waals surface area contributed by atoms with Gasteiger partial charge in [0.25, 0.3) is 5.69 Å².